The summed E-state index contributed by atoms with van der Waals surface area (Å²) >= 11 is 0. The topological polar surface area (TPSA) is 75.6 Å². The number of nitrogens with one attached hydrogen (secondary N) is 1. The Morgan fingerprint density at radius 1 is 1.30 bits per heavy atom. The molecule has 116 valence electrons. The SMILES string of the molecule is CC(CCNC(=O)CCC1CCCCO1)CCC(=O)O. The van der Waals surface area contributed by atoms with Crippen LogP contribution in [0.2, 0.25) is 0 Å². The van der Waals surface area contributed by atoms with Crippen molar-refractivity contribution < 1.29 is 19.4 Å². The standard InChI is InChI=1S/C15H27NO4/c1-12(5-8-15(18)19)9-10-16-14(17)7-6-13-4-2-3-11-20-13/h12-13H,2-11H2,1H3,(H,16,17)(H,18,19). The molecule has 1 heterocycles. The van der Waals surface area contributed by atoms with E-state index in [4.69, 9.17) is 9.84 Å². The van der Waals surface area contributed by atoms with Crippen molar-refractivity contribution in [1.29, 1.82) is 0 Å². The molecule has 1 fully saturated rings. The number of carboxylic acid groups (broad SMARTS) is 1. The highest BCUT2D eigenvalue weighted by Crippen LogP contribution is 2.16. The lowest BCUT2D eigenvalue weighted by Crippen LogP contribution is -2.27. The van der Waals surface area contributed by atoms with Gasteiger partial charge in [-0.15, -0.1) is 0 Å². The number of ether oxygens (including phenoxy) is 1. The van der Waals surface area contributed by atoms with Crippen molar-refractivity contribution in [3.63, 3.8) is 0 Å². The zero-order chi connectivity index (χ0) is 14.8. The van der Waals surface area contributed by atoms with Crippen LogP contribution in [0.25, 0.3) is 0 Å². The summed E-state index contributed by atoms with van der Waals surface area (Å²) in [6.07, 6.45) is 6.69. The van der Waals surface area contributed by atoms with Gasteiger partial charge in [0.1, 0.15) is 0 Å². The molecule has 0 saturated carbocycles. The van der Waals surface area contributed by atoms with Crippen molar-refractivity contribution in [2.24, 2.45) is 5.92 Å². The summed E-state index contributed by atoms with van der Waals surface area (Å²) < 4.78 is 5.59. The number of hydrogen-bond donors (Lipinski definition) is 2. The summed E-state index contributed by atoms with van der Waals surface area (Å²) in [6, 6.07) is 0. The molecule has 20 heavy (non-hydrogen) atoms. The molecule has 2 atom stereocenters. The molecule has 0 aromatic carbocycles. The highest BCUT2D eigenvalue weighted by molar-refractivity contribution is 5.75. The van der Waals surface area contributed by atoms with Crippen molar-refractivity contribution in [1.82, 2.24) is 5.32 Å². The Bertz CT molecular complexity index is 300. The van der Waals surface area contributed by atoms with E-state index in [9.17, 15) is 9.59 Å². The van der Waals surface area contributed by atoms with E-state index in [0.29, 0.717) is 25.3 Å². The zero-order valence-corrected chi connectivity index (χ0v) is 12.4. The van der Waals surface area contributed by atoms with Crippen LogP contribution in [0.1, 0.15) is 58.3 Å². The van der Waals surface area contributed by atoms with Crippen LogP contribution >= 0.6 is 0 Å². The fraction of sp³-hybridized carbons (Fsp3) is 0.867. The van der Waals surface area contributed by atoms with Crippen molar-refractivity contribution in [3.05, 3.63) is 0 Å². The second-order valence-electron chi connectivity index (χ2n) is 5.70. The average molecular weight is 285 g/mol. The van der Waals surface area contributed by atoms with Gasteiger partial charge in [-0.3, -0.25) is 9.59 Å². The number of carbonyl (C=O) groups excluding carboxylic acids is 1. The summed E-state index contributed by atoms with van der Waals surface area (Å²) in [4.78, 5) is 22.1. The molecule has 2 N–H and O–H groups in total. The number of hydrogen-bond acceptors (Lipinski definition) is 3. The monoisotopic (exact) mass is 285 g/mol. The summed E-state index contributed by atoms with van der Waals surface area (Å²) in [5.41, 5.74) is 0. The van der Waals surface area contributed by atoms with E-state index in [2.05, 4.69) is 5.32 Å². The second-order valence-corrected chi connectivity index (χ2v) is 5.70. The van der Waals surface area contributed by atoms with Crippen LogP contribution in [0.15, 0.2) is 0 Å². The van der Waals surface area contributed by atoms with E-state index < -0.39 is 5.97 Å². The highest BCUT2D eigenvalue weighted by Gasteiger charge is 2.15. The number of amides is 1. The van der Waals surface area contributed by atoms with Gasteiger partial charge in [0, 0.05) is 26.0 Å². The van der Waals surface area contributed by atoms with E-state index in [-0.39, 0.29) is 18.4 Å². The predicted molar refractivity (Wildman–Crippen MR) is 76.5 cm³/mol. The minimum atomic E-state index is -0.756. The van der Waals surface area contributed by atoms with Crippen LogP contribution in [0.5, 0.6) is 0 Å². The molecule has 0 spiro atoms. The molecule has 1 aliphatic heterocycles. The van der Waals surface area contributed by atoms with Crippen molar-refractivity contribution >= 4 is 11.9 Å². The molecule has 0 aromatic heterocycles. The van der Waals surface area contributed by atoms with E-state index in [1.54, 1.807) is 0 Å². The number of aliphatic carboxylic acids is 1. The molecule has 0 aromatic rings. The summed E-state index contributed by atoms with van der Waals surface area (Å²) in [6.45, 7) is 3.48. The first kappa shape index (κ1) is 17.0. The molecule has 1 saturated heterocycles. The quantitative estimate of drug-likeness (QED) is 0.682. The normalized spacial score (nSPS) is 20.4. The lowest BCUT2D eigenvalue weighted by Gasteiger charge is -2.22. The van der Waals surface area contributed by atoms with Gasteiger partial charge in [-0.2, -0.15) is 0 Å². The lowest BCUT2D eigenvalue weighted by atomic mass is 10.0. The first-order valence-electron chi connectivity index (χ1n) is 7.68. The maximum atomic E-state index is 11.7. The average Bonchev–Trinajstić information content (AvgIpc) is 2.44. The van der Waals surface area contributed by atoms with Crippen LogP contribution < -0.4 is 5.32 Å². The van der Waals surface area contributed by atoms with Gasteiger partial charge in [0.2, 0.25) is 5.91 Å². The molecule has 2 unspecified atom stereocenters. The molecule has 5 heteroatoms. The molecule has 0 aliphatic carbocycles. The van der Waals surface area contributed by atoms with Gasteiger partial charge in [-0.05, 0) is 44.4 Å². The minimum absolute atomic E-state index is 0.0737. The van der Waals surface area contributed by atoms with Gasteiger partial charge >= 0.3 is 5.97 Å². The van der Waals surface area contributed by atoms with Gasteiger partial charge in [-0.25, -0.2) is 0 Å². The maximum Gasteiger partial charge on any atom is 0.303 e. The fourth-order valence-electron chi connectivity index (χ4n) is 2.39. The number of rotatable bonds is 9. The predicted octanol–water partition coefficient (Wildman–Crippen LogP) is 2.34. The van der Waals surface area contributed by atoms with Crippen LogP contribution in [-0.4, -0.2) is 36.2 Å². The smallest absolute Gasteiger partial charge is 0.303 e. The number of carbonyl (C=O) groups is 2. The van der Waals surface area contributed by atoms with Gasteiger partial charge in [0.15, 0.2) is 0 Å². The first-order valence-corrected chi connectivity index (χ1v) is 7.68. The molecule has 0 bridgehead atoms. The summed E-state index contributed by atoms with van der Waals surface area (Å²) in [7, 11) is 0. The van der Waals surface area contributed by atoms with Crippen molar-refractivity contribution in [2.75, 3.05) is 13.2 Å². The third-order valence-electron chi connectivity index (χ3n) is 3.78. The highest BCUT2D eigenvalue weighted by atomic mass is 16.5. The third kappa shape index (κ3) is 8.15. The van der Waals surface area contributed by atoms with E-state index >= 15 is 0 Å². The van der Waals surface area contributed by atoms with Crippen molar-refractivity contribution in [2.45, 2.75) is 64.4 Å². The van der Waals surface area contributed by atoms with Gasteiger partial charge in [0.25, 0.3) is 0 Å². The van der Waals surface area contributed by atoms with E-state index in [1.807, 2.05) is 6.92 Å². The Hall–Kier alpha value is -1.10. The molecular formula is C15H27NO4. The Labute approximate surface area is 121 Å². The molecular weight excluding hydrogens is 258 g/mol. The largest absolute Gasteiger partial charge is 0.481 e. The molecule has 1 rings (SSSR count). The van der Waals surface area contributed by atoms with Crippen LogP contribution in [0, 0.1) is 5.92 Å². The Morgan fingerprint density at radius 3 is 2.75 bits per heavy atom. The molecule has 5 nitrogen and oxygen atoms in total. The summed E-state index contributed by atoms with van der Waals surface area (Å²) in [5, 5.41) is 11.5. The lowest BCUT2D eigenvalue weighted by molar-refractivity contribution is -0.137. The molecule has 0 radical (unpaired) electrons. The van der Waals surface area contributed by atoms with Crippen LogP contribution in [0.3, 0.4) is 0 Å². The Morgan fingerprint density at radius 2 is 2.10 bits per heavy atom. The van der Waals surface area contributed by atoms with Gasteiger partial charge in [0.05, 0.1) is 6.10 Å². The molecule has 1 aliphatic rings. The summed E-state index contributed by atoms with van der Waals surface area (Å²) in [5.74, 6) is -0.356. The van der Waals surface area contributed by atoms with Crippen LogP contribution in [-0.2, 0) is 14.3 Å². The van der Waals surface area contributed by atoms with Crippen LogP contribution in [0.4, 0.5) is 0 Å². The molecule has 1 amide bonds. The number of carboxylic acids is 1. The van der Waals surface area contributed by atoms with E-state index in [0.717, 1.165) is 32.3 Å². The first-order chi connectivity index (χ1) is 9.58. The van der Waals surface area contributed by atoms with Crippen molar-refractivity contribution in [3.8, 4) is 0 Å². The maximum absolute atomic E-state index is 11.7. The van der Waals surface area contributed by atoms with Gasteiger partial charge < -0.3 is 15.2 Å². The fourth-order valence-corrected chi connectivity index (χ4v) is 2.39. The minimum Gasteiger partial charge on any atom is -0.481 e. The van der Waals surface area contributed by atoms with E-state index in [1.165, 1.54) is 6.42 Å². The zero-order valence-electron chi connectivity index (χ0n) is 12.4. The third-order valence-corrected chi connectivity index (χ3v) is 3.78. The Kier molecular flexibility index (Phi) is 8.26. The second kappa shape index (κ2) is 9.75. The van der Waals surface area contributed by atoms with Gasteiger partial charge in [-0.1, -0.05) is 6.92 Å². The Balaban J connectivity index is 2.00.